The molecule has 6 nitrogen and oxygen atoms in total. The molecule has 2 heterocycles. The Balaban J connectivity index is 1.31. The van der Waals surface area contributed by atoms with E-state index in [9.17, 15) is 14.7 Å². The second-order valence-electron chi connectivity index (χ2n) is 11.7. The monoisotopic (exact) mass is 442 g/mol. The first-order valence-electron chi connectivity index (χ1n) is 12.3. The average molecular weight is 443 g/mol. The third kappa shape index (κ3) is 2.48. The normalized spacial score (nSPS) is 51.1. The topological polar surface area (TPSA) is 89.3 Å². The molecule has 1 saturated heterocycles. The molecule has 5 aliphatic rings. The van der Waals surface area contributed by atoms with Crippen LogP contribution in [0.3, 0.4) is 0 Å². The SMILES string of the molecule is CC(=O)O[C@H]1CC[C@]2(C)[C@H]3CC[C@]4(C)[C@H](c5ccc(=O)oc5)C[C@H]5O[C@@]54[C@@H]3CC[C@]2(O)C1. The Labute approximate surface area is 188 Å². The number of esters is 1. The van der Waals surface area contributed by atoms with Gasteiger partial charge in [-0.25, -0.2) is 4.79 Å². The van der Waals surface area contributed by atoms with Crippen molar-refractivity contribution in [2.45, 2.75) is 101 Å². The Hall–Kier alpha value is -1.66. The van der Waals surface area contributed by atoms with Crippen LogP contribution in [0.5, 0.6) is 0 Å². The van der Waals surface area contributed by atoms with Crippen LogP contribution in [0.2, 0.25) is 0 Å². The lowest BCUT2D eigenvalue weighted by Gasteiger charge is -2.64. The van der Waals surface area contributed by atoms with Crippen LogP contribution < -0.4 is 5.63 Å². The summed E-state index contributed by atoms with van der Waals surface area (Å²) in [5, 5.41) is 11.9. The summed E-state index contributed by atoms with van der Waals surface area (Å²) in [5.74, 6) is 0.915. The molecule has 1 aromatic heterocycles. The third-order valence-electron chi connectivity index (χ3n) is 10.6. The molecule has 32 heavy (non-hydrogen) atoms. The van der Waals surface area contributed by atoms with Crippen molar-refractivity contribution in [3.63, 3.8) is 0 Å². The number of aliphatic hydroxyl groups is 1. The Morgan fingerprint density at radius 2 is 1.84 bits per heavy atom. The second-order valence-corrected chi connectivity index (χ2v) is 11.7. The fraction of sp³-hybridized carbons (Fsp3) is 0.769. The van der Waals surface area contributed by atoms with E-state index in [1.807, 2.05) is 6.07 Å². The molecule has 9 atom stereocenters. The molecule has 4 saturated carbocycles. The van der Waals surface area contributed by atoms with Crippen molar-refractivity contribution in [1.29, 1.82) is 0 Å². The summed E-state index contributed by atoms with van der Waals surface area (Å²) in [6.07, 6.45) is 8.77. The molecule has 174 valence electrons. The van der Waals surface area contributed by atoms with Gasteiger partial charge < -0.3 is 19.0 Å². The highest BCUT2D eigenvalue weighted by molar-refractivity contribution is 5.66. The fourth-order valence-electron chi connectivity index (χ4n) is 9.05. The minimum absolute atomic E-state index is 0.0134. The zero-order valence-electron chi connectivity index (χ0n) is 19.3. The molecule has 0 radical (unpaired) electrons. The van der Waals surface area contributed by atoms with Gasteiger partial charge in [-0.2, -0.15) is 0 Å². The van der Waals surface area contributed by atoms with E-state index >= 15 is 0 Å². The zero-order valence-corrected chi connectivity index (χ0v) is 19.3. The first-order chi connectivity index (χ1) is 15.1. The first-order valence-corrected chi connectivity index (χ1v) is 12.3. The van der Waals surface area contributed by atoms with E-state index in [1.165, 1.54) is 13.0 Å². The predicted molar refractivity (Wildman–Crippen MR) is 116 cm³/mol. The zero-order chi connectivity index (χ0) is 22.5. The second kappa shape index (κ2) is 6.47. The number of fused-ring (bicyclic) bond motifs is 3. The minimum Gasteiger partial charge on any atom is -0.462 e. The number of epoxide rings is 1. The highest BCUT2D eigenvalue weighted by Gasteiger charge is 2.81. The van der Waals surface area contributed by atoms with E-state index in [-0.39, 0.29) is 40.2 Å². The van der Waals surface area contributed by atoms with E-state index in [1.54, 1.807) is 6.26 Å². The molecule has 5 fully saturated rings. The van der Waals surface area contributed by atoms with Crippen LogP contribution >= 0.6 is 0 Å². The number of hydrogen-bond acceptors (Lipinski definition) is 6. The van der Waals surface area contributed by atoms with Crippen molar-refractivity contribution < 1.29 is 23.8 Å². The van der Waals surface area contributed by atoms with Crippen LogP contribution in [0.15, 0.2) is 27.6 Å². The van der Waals surface area contributed by atoms with Gasteiger partial charge in [0.2, 0.25) is 0 Å². The van der Waals surface area contributed by atoms with Crippen molar-refractivity contribution in [1.82, 2.24) is 0 Å². The molecule has 4 aliphatic carbocycles. The van der Waals surface area contributed by atoms with Crippen molar-refractivity contribution in [2.75, 3.05) is 0 Å². The minimum atomic E-state index is -0.790. The van der Waals surface area contributed by atoms with Crippen molar-refractivity contribution in [2.24, 2.45) is 22.7 Å². The molecule has 0 bridgehead atoms. The summed E-state index contributed by atoms with van der Waals surface area (Å²) in [6, 6.07) is 3.47. The summed E-state index contributed by atoms with van der Waals surface area (Å²) >= 11 is 0. The Morgan fingerprint density at radius 1 is 1.09 bits per heavy atom. The maximum absolute atomic E-state index is 11.9. The maximum atomic E-state index is 11.9. The van der Waals surface area contributed by atoms with Gasteiger partial charge in [0.05, 0.1) is 18.0 Å². The molecule has 1 aromatic rings. The fourth-order valence-corrected chi connectivity index (χ4v) is 9.05. The lowest BCUT2D eigenvalue weighted by atomic mass is 9.42. The largest absolute Gasteiger partial charge is 0.462 e. The molecule has 6 heteroatoms. The molecule has 1 N–H and O–H groups in total. The lowest BCUT2D eigenvalue weighted by molar-refractivity contribution is -0.227. The van der Waals surface area contributed by atoms with Crippen molar-refractivity contribution in [3.8, 4) is 0 Å². The van der Waals surface area contributed by atoms with Gasteiger partial charge >= 0.3 is 11.6 Å². The number of carbonyl (C=O) groups is 1. The third-order valence-corrected chi connectivity index (χ3v) is 10.6. The molecule has 1 aliphatic heterocycles. The molecule has 0 aromatic carbocycles. The van der Waals surface area contributed by atoms with Crippen LogP contribution in [-0.4, -0.2) is 34.5 Å². The summed E-state index contributed by atoms with van der Waals surface area (Å²) < 4.78 is 17.3. The number of ether oxygens (including phenoxy) is 2. The Bertz CT molecular complexity index is 997. The smallest absolute Gasteiger partial charge is 0.335 e. The van der Waals surface area contributed by atoms with E-state index in [4.69, 9.17) is 13.9 Å². The lowest BCUT2D eigenvalue weighted by Crippen LogP contribution is -2.65. The first kappa shape index (κ1) is 20.9. The van der Waals surface area contributed by atoms with Crippen LogP contribution in [0, 0.1) is 22.7 Å². The number of hydrogen-bond donors (Lipinski definition) is 1. The van der Waals surface area contributed by atoms with Crippen LogP contribution in [0.4, 0.5) is 0 Å². The van der Waals surface area contributed by atoms with Crippen LogP contribution in [0.1, 0.15) is 83.6 Å². The highest BCUT2D eigenvalue weighted by Crippen LogP contribution is 2.78. The maximum Gasteiger partial charge on any atom is 0.335 e. The molecule has 6 rings (SSSR count). The molecule has 1 spiro atoms. The average Bonchev–Trinajstić information content (AvgIpc) is 3.39. The van der Waals surface area contributed by atoms with Crippen LogP contribution in [-0.2, 0) is 14.3 Å². The molecular formula is C26H34O6. The standard InChI is InChI=1S/C26H34O6/c1-15(27)31-17-6-9-23(2)18-7-10-24(3)20(16-4-5-22(28)30-14-16)12-21-26(24,32-21)19(18)8-11-25(23,29)13-17/h4-5,14,17-21,29H,6-13H2,1-3H3/t17-,18-,19+,20-,21+,23+,24+,25-,26-/m0/s1. The van der Waals surface area contributed by atoms with Crippen molar-refractivity contribution in [3.05, 3.63) is 34.4 Å². The predicted octanol–water partition coefficient (Wildman–Crippen LogP) is 3.94. The van der Waals surface area contributed by atoms with Crippen LogP contribution in [0.25, 0.3) is 0 Å². The number of rotatable bonds is 2. The van der Waals surface area contributed by atoms with Crippen molar-refractivity contribution >= 4 is 5.97 Å². The summed E-state index contributed by atoms with van der Waals surface area (Å²) in [6.45, 7) is 6.12. The summed E-state index contributed by atoms with van der Waals surface area (Å²) in [7, 11) is 0. The van der Waals surface area contributed by atoms with Gasteiger partial charge in [0.15, 0.2) is 0 Å². The Kier molecular flexibility index (Phi) is 4.23. The quantitative estimate of drug-likeness (QED) is 0.551. The highest BCUT2D eigenvalue weighted by atomic mass is 16.6. The van der Waals surface area contributed by atoms with Gasteiger partial charge in [-0.1, -0.05) is 13.8 Å². The molecule has 0 unspecified atom stereocenters. The van der Waals surface area contributed by atoms with E-state index < -0.39 is 5.60 Å². The molecular weight excluding hydrogens is 408 g/mol. The molecule has 0 amide bonds. The van der Waals surface area contributed by atoms with Gasteiger partial charge in [-0.05, 0) is 79.7 Å². The number of carbonyl (C=O) groups excluding carboxylic acids is 1. The van der Waals surface area contributed by atoms with E-state index in [2.05, 4.69) is 13.8 Å². The van der Waals surface area contributed by atoms with Gasteiger partial charge in [0.1, 0.15) is 11.7 Å². The van der Waals surface area contributed by atoms with Gasteiger partial charge in [-0.15, -0.1) is 0 Å². The van der Waals surface area contributed by atoms with Gasteiger partial charge in [0.25, 0.3) is 0 Å². The summed E-state index contributed by atoms with van der Waals surface area (Å²) in [4.78, 5) is 23.0. The van der Waals surface area contributed by atoms with Gasteiger partial charge in [-0.3, -0.25) is 4.79 Å². The van der Waals surface area contributed by atoms with Gasteiger partial charge in [0, 0.05) is 24.8 Å². The Morgan fingerprint density at radius 3 is 2.56 bits per heavy atom. The summed E-state index contributed by atoms with van der Waals surface area (Å²) in [5.41, 5.74) is -0.284. The van der Waals surface area contributed by atoms with E-state index in [0.717, 1.165) is 50.5 Å². The van der Waals surface area contributed by atoms with E-state index in [0.29, 0.717) is 24.2 Å².